The van der Waals surface area contributed by atoms with E-state index < -0.39 is 6.04 Å². The minimum atomic E-state index is -0.615. The Kier molecular flexibility index (Phi) is 6.42. The Balaban J connectivity index is 1.51. The van der Waals surface area contributed by atoms with E-state index in [1.54, 1.807) is 18.2 Å². The number of hydrogen-bond acceptors (Lipinski definition) is 6. The number of halogens is 1. The number of carbonyl (C=O) groups is 2. The van der Waals surface area contributed by atoms with Gasteiger partial charge in [0.25, 0.3) is 0 Å². The lowest BCUT2D eigenvalue weighted by Crippen LogP contribution is -2.56. The third-order valence-corrected chi connectivity index (χ3v) is 4.44. The number of amides is 2. The number of H-pyrrole nitrogens is 1. The molecule has 1 atom stereocenters. The van der Waals surface area contributed by atoms with Gasteiger partial charge >= 0.3 is 0 Å². The van der Waals surface area contributed by atoms with Gasteiger partial charge in [-0.25, -0.2) is 4.39 Å². The van der Waals surface area contributed by atoms with Crippen LogP contribution in [-0.2, 0) is 22.6 Å². The molecule has 2 aromatic rings. The number of hydrogen-bond donors (Lipinski definition) is 3. The molecule has 0 spiro atoms. The van der Waals surface area contributed by atoms with Crippen molar-refractivity contribution < 1.29 is 14.0 Å². The van der Waals surface area contributed by atoms with Gasteiger partial charge in [-0.1, -0.05) is 23.4 Å². The Labute approximate surface area is 155 Å². The average molecular weight is 375 g/mol. The number of rotatable bonds is 8. The molecule has 2 amide bonds. The summed E-state index contributed by atoms with van der Waals surface area (Å²) < 4.78 is 13.9. The third kappa shape index (κ3) is 5.30. The first-order chi connectivity index (χ1) is 13.1. The van der Waals surface area contributed by atoms with E-state index in [1.165, 1.54) is 6.07 Å². The topological polar surface area (TPSA) is 116 Å². The van der Waals surface area contributed by atoms with Crippen molar-refractivity contribution in [3.05, 3.63) is 41.5 Å². The first-order valence-corrected chi connectivity index (χ1v) is 8.87. The van der Waals surface area contributed by atoms with Crippen molar-refractivity contribution in [1.29, 1.82) is 0 Å². The molecule has 144 valence electrons. The van der Waals surface area contributed by atoms with E-state index in [0.29, 0.717) is 43.9 Å². The summed E-state index contributed by atoms with van der Waals surface area (Å²) in [5.41, 5.74) is 0.512. The number of aryl methyl sites for hydroxylation is 1. The van der Waals surface area contributed by atoms with Crippen LogP contribution in [0.3, 0.4) is 0 Å². The quantitative estimate of drug-likeness (QED) is 0.550. The lowest BCUT2D eigenvalue weighted by atomic mass is 10.1. The number of aromatic amines is 1. The number of piperazine rings is 1. The molecule has 1 aliphatic heterocycles. The van der Waals surface area contributed by atoms with Crippen LogP contribution < -0.4 is 10.6 Å². The van der Waals surface area contributed by atoms with Crippen LogP contribution in [0.4, 0.5) is 4.39 Å². The maximum absolute atomic E-state index is 13.9. The maximum Gasteiger partial charge on any atom is 0.237 e. The molecule has 27 heavy (non-hydrogen) atoms. The molecule has 0 radical (unpaired) electrons. The monoisotopic (exact) mass is 375 g/mol. The predicted octanol–water partition coefficient (Wildman–Crippen LogP) is -0.222. The number of tetrazole rings is 1. The van der Waals surface area contributed by atoms with Crippen molar-refractivity contribution in [3.8, 4) is 0 Å². The van der Waals surface area contributed by atoms with E-state index in [1.807, 2.05) is 4.90 Å². The van der Waals surface area contributed by atoms with Crippen LogP contribution in [-0.4, -0.2) is 63.0 Å². The number of aromatic nitrogens is 4. The van der Waals surface area contributed by atoms with Crippen LogP contribution in [0.1, 0.15) is 24.2 Å². The smallest absolute Gasteiger partial charge is 0.237 e. The molecule has 9 nitrogen and oxygen atoms in total. The molecular formula is C17H22FN7O2. The Hall–Kier alpha value is -2.88. The standard InChI is InChI=1S/C17H22FN7O2/c18-13-5-2-1-4-12(13)11-25-9-8-20-17(27)14(25)10-16(26)19-7-3-6-15-21-23-24-22-15/h1-2,4-5,14H,3,6-11H2,(H,19,26)(H,20,27)(H,21,22,23,24)/t14-/m1/s1. The van der Waals surface area contributed by atoms with Crippen molar-refractivity contribution in [1.82, 2.24) is 36.2 Å². The molecule has 1 saturated heterocycles. The molecule has 1 aromatic carbocycles. The van der Waals surface area contributed by atoms with Crippen molar-refractivity contribution in [2.45, 2.75) is 31.8 Å². The highest BCUT2D eigenvalue weighted by Gasteiger charge is 2.31. The Morgan fingerprint density at radius 2 is 2.22 bits per heavy atom. The largest absolute Gasteiger partial charge is 0.356 e. The minimum Gasteiger partial charge on any atom is -0.356 e. The molecule has 0 unspecified atom stereocenters. The fraction of sp³-hybridized carbons (Fsp3) is 0.471. The van der Waals surface area contributed by atoms with E-state index >= 15 is 0 Å². The zero-order valence-corrected chi connectivity index (χ0v) is 14.8. The Morgan fingerprint density at radius 1 is 1.37 bits per heavy atom. The van der Waals surface area contributed by atoms with E-state index in [0.717, 1.165) is 0 Å². The van der Waals surface area contributed by atoms with Crippen LogP contribution in [0.5, 0.6) is 0 Å². The summed E-state index contributed by atoms with van der Waals surface area (Å²) >= 11 is 0. The summed E-state index contributed by atoms with van der Waals surface area (Å²) in [6.45, 7) is 1.79. The van der Waals surface area contributed by atoms with Gasteiger partial charge in [-0.3, -0.25) is 14.5 Å². The lowest BCUT2D eigenvalue weighted by Gasteiger charge is -2.34. The lowest BCUT2D eigenvalue weighted by molar-refractivity contribution is -0.134. The Bertz CT molecular complexity index is 768. The van der Waals surface area contributed by atoms with Crippen LogP contribution in [0.25, 0.3) is 0 Å². The molecule has 3 N–H and O–H groups in total. The highest BCUT2D eigenvalue weighted by Crippen LogP contribution is 2.16. The van der Waals surface area contributed by atoms with Crippen molar-refractivity contribution in [3.63, 3.8) is 0 Å². The molecular weight excluding hydrogens is 353 g/mol. The van der Waals surface area contributed by atoms with Gasteiger partial charge < -0.3 is 10.6 Å². The van der Waals surface area contributed by atoms with Crippen molar-refractivity contribution >= 4 is 11.8 Å². The molecule has 1 aliphatic rings. The first kappa shape index (κ1) is 18.9. The molecule has 0 bridgehead atoms. The van der Waals surface area contributed by atoms with E-state index in [2.05, 4.69) is 31.3 Å². The second kappa shape index (κ2) is 9.17. The van der Waals surface area contributed by atoms with Crippen LogP contribution in [0.15, 0.2) is 24.3 Å². The zero-order chi connectivity index (χ0) is 19.1. The summed E-state index contributed by atoms with van der Waals surface area (Å²) in [5.74, 6) is -0.150. The number of benzene rings is 1. The van der Waals surface area contributed by atoms with Crippen molar-refractivity contribution in [2.75, 3.05) is 19.6 Å². The highest BCUT2D eigenvalue weighted by molar-refractivity contribution is 5.88. The maximum atomic E-state index is 13.9. The first-order valence-electron chi connectivity index (χ1n) is 8.87. The van der Waals surface area contributed by atoms with Gasteiger partial charge in [-0.15, -0.1) is 10.2 Å². The highest BCUT2D eigenvalue weighted by atomic mass is 19.1. The summed E-state index contributed by atoms with van der Waals surface area (Å²) in [4.78, 5) is 26.3. The fourth-order valence-electron chi connectivity index (χ4n) is 3.03. The van der Waals surface area contributed by atoms with E-state index in [4.69, 9.17) is 0 Å². The summed E-state index contributed by atoms with van der Waals surface area (Å²) in [7, 11) is 0. The van der Waals surface area contributed by atoms with Gasteiger partial charge in [0.2, 0.25) is 11.8 Å². The molecule has 10 heteroatoms. The minimum absolute atomic E-state index is 0.0303. The van der Waals surface area contributed by atoms with Gasteiger partial charge in [0.1, 0.15) is 5.82 Å². The SMILES string of the molecule is O=C(C[C@@H]1C(=O)NCCN1Cc1ccccc1F)NCCCc1nn[nH]n1. The van der Waals surface area contributed by atoms with Crippen LogP contribution >= 0.6 is 0 Å². The summed E-state index contributed by atoms with van der Waals surface area (Å²) in [6, 6.07) is 5.85. The average Bonchev–Trinajstić information content (AvgIpc) is 3.17. The van der Waals surface area contributed by atoms with Crippen molar-refractivity contribution in [2.24, 2.45) is 0 Å². The predicted molar refractivity (Wildman–Crippen MR) is 93.7 cm³/mol. The summed E-state index contributed by atoms with van der Waals surface area (Å²) in [5, 5.41) is 19.1. The molecule has 3 rings (SSSR count). The zero-order valence-electron chi connectivity index (χ0n) is 14.8. The van der Waals surface area contributed by atoms with Gasteiger partial charge in [0.15, 0.2) is 5.82 Å². The number of carbonyl (C=O) groups excluding carboxylic acids is 2. The molecule has 2 heterocycles. The molecule has 0 aliphatic carbocycles. The van der Waals surface area contributed by atoms with Gasteiger partial charge in [0, 0.05) is 38.2 Å². The number of nitrogens with one attached hydrogen (secondary N) is 3. The van der Waals surface area contributed by atoms with Gasteiger partial charge in [0.05, 0.1) is 12.5 Å². The van der Waals surface area contributed by atoms with Crippen LogP contribution in [0.2, 0.25) is 0 Å². The fourth-order valence-corrected chi connectivity index (χ4v) is 3.03. The second-order valence-corrected chi connectivity index (χ2v) is 6.35. The van der Waals surface area contributed by atoms with Crippen LogP contribution in [0, 0.1) is 5.82 Å². The molecule has 0 saturated carbocycles. The third-order valence-electron chi connectivity index (χ3n) is 4.44. The normalized spacial score (nSPS) is 17.5. The molecule has 1 fully saturated rings. The van der Waals surface area contributed by atoms with Gasteiger partial charge in [-0.05, 0) is 12.5 Å². The summed E-state index contributed by atoms with van der Waals surface area (Å²) in [6.07, 6.45) is 1.30. The number of nitrogens with zero attached hydrogens (tertiary/aromatic N) is 4. The molecule has 1 aromatic heterocycles. The second-order valence-electron chi connectivity index (χ2n) is 6.35. The Morgan fingerprint density at radius 3 is 3.00 bits per heavy atom. The van der Waals surface area contributed by atoms with Gasteiger partial charge in [-0.2, -0.15) is 5.21 Å². The van der Waals surface area contributed by atoms with E-state index in [9.17, 15) is 14.0 Å². The van der Waals surface area contributed by atoms with E-state index in [-0.39, 0.29) is 30.6 Å².